The van der Waals surface area contributed by atoms with E-state index in [1.807, 2.05) is 12.1 Å². The van der Waals surface area contributed by atoms with Crippen molar-refractivity contribution in [3.8, 4) is 5.75 Å². The number of piperidine rings is 1. The van der Waals surface area contributed by atoms with Crippen LogP contribution in [0.1, 0.15) is 37.0 Å². The van der Waals surface area contributed by atoms with E-state index in [4.69, 9.17) is 9.15 Å². The van der Waals surface area contributed by atoms with E-state index in [0.29, 0.717) is 31.8 Å². The lowest BCUT2D eigenvalue weighted by molar-refractivity contribution is -0.120. The molecule has 1 N–H and O–H groups in total. The van der Waals surface area contributed by atoms with E-state index < -0.39 is 10.0 Å². The van der Waals surface area contributed by atoms with Gasteiger partial charge in [0.05, 0.1) is 24.0 Å². The first kappa shape index (κ1) is 23.7. The number of carbonyl (C=O) groups excluding carboxylic acids is 1. The number of sulfonamides is 1. The number of nitrogens with zero attached hydrogens (tertiary/aromatic N) is 1. The standard InChI is InChI=1S/C22H30N2O5S2/c1-28-21-9-8-20(31(26,27)24-12-3-2-4-13-24)16-18(21)7-10-22(25)23-11-15-30-17-19-6-5-14-29-19/h5-6,8-9,14,16H,2-4,7,10-13,15,17H2,1H3,(H,23,25). The smallest absolute Gasteiger partial charge is 0.243 e. The van der Waals surface area contributed by atoms with Gasteiger partial charge in [-0.3, -0.25) is 4.79 Å². The second-order valence-electron chi connectivity index (χ2n) is 7.42. The van der Waals surface area contributed by atoms with Crippen LogP contribution in [0.25, 0.3) is 0 Å². The van der Waals surface area contributed by atoms with Crippen LogP contribution in [0.15, 0.2) is 45.9 Å². The molecule has 9 heteroatoms. The second-order valence-corrected chi connectivity index (χ2v) is 10.5. The molecule has 0 saturated carbocycles. The third-order valence-corrected chi connectivity index (χ3v) is 8.10. The van der Waals surface area contributed by atoms with Crippen molar-refractivity contribution in [3.63, 3.8) is 0 Å². The van der Waals surface area contributed by atoms with Gasteiger partial charge in [0.1, 0.15) is 11.5 Å². The number of nitrogens with one attached hydrogen (secondary N) is 1. The van der Waals surface area contributed by atoms with Gasteiger partial charge >= 0.3 is 0 Å². The molecule has 0 atom stereocenters. The molecule has 0 bridgehead atoms. The Morgan fingerprint density at radius 3 is 2.74 bits per heavy atom. The Hall–Kier alpha value is -1.97. The fourth-order valence-corrected chi connectivity index (χ4v) is 5.86. The number of rotatable bonds is 11. The van der Waals surface area contributed by atoms with Gasteiger partial charge < -0.3 is 14.5 Å². The SMILES string of the molecule is COc1ccc(S(=O)(=O)N2CCCCC2)cc1CCC(=O)NCCSCc1ccco1. The lowest BCUT2D eigenvalue weighted by Gasteiger charge is -2.26. The molecule has 2 aromatic rings. The van der Waals surface area contributed by atoms with Gasteiger partial charge in [-0.25, -0.2) is 8.42 Å². The summed E-state index contributed by atoms with van der Waals surface area (Å²) in [6.45, 7) is 1.69. The van der Waals surface area contributed by atoms with Crippen molar-refractivity contribution in [2.24, 2.45) is 0 Å². The van der Waals surface area contributed by atoms with Gasteiger partial charge in [0.25, 0.3) is 0 Å². The summed E-state index contributed by atoms with van der Waals surface area (Å²) in [5.41, 5.74) is 0.725. The maximum Gasteiger partial charge on any atom is 0.243 e. The summed E-state index contributed by atoms with van der Waals surface area (Å²) in [6.07, 6.45) is 5.18. The molecular formula is C22H30N2O5S2. The van der Waals surface area contributed by atoms with Gasteiger partial charge in [0.15, 0.2) is 0 Å². The molecule has 1 amide bonds. The number of thioether (sulfide) groups is 1. The molecule has 1 aliphatic heterocycles. The highest BCUT2D eigenvalue weighted by molar-refractivity contribution is 7.98. The first-order valence-electron chi connectivity index (χ1n) is 10.5. The first-order chi connectivity index (χ1) is 15.0. The Bertz CT molecular complexity index is 939. The molecule has 170 valence electrons. The molecule has 0 unspecified atom stereocenters. The number of amides is 1. The van der Waals surface area contributed by atoms with Gasteiger partial charge in [-0.1, -0.05) is 6.42 Å². The van der Waals surface area contributed by atoms with Gasteiger partial charge in [-0.05, 0) is 55.2 Å². The van der Waals surface area contributed by atoms with Crippen LogP contribution in [0.5, 0.6) is 5.75 Å². The summed E-state index contributed by atoms with van der Waals surface area (Å²) in [7, 11) is -1.97. The maximum atomic E-state index is 13.0. The molecular weight excluding hydrogens is 436 g/mol. The largest absolute Gasteiger partial charge is 0.496 e. The van der Waals surface area contributed by atoms with Crippen molar-refractivity contribution in [1.29, 1.82) is 0 Å². The summed E-state index contributed by atoms with van der Waals surface area (Å²) in [4.78, 5) is 12.5. The zero-order chi connectivity index (χ0) is 22.1. The van der Waals surface area contributed by atoms with Crippen LogP contribution in [0, 0.1) is 0 Å². The predicted molar refractivity (Wildman–Crippen MR) is 122 cm³/mol. The predicted octanol–water partition coefficient (Wildman–Crippen LogP) is 3.45. The summed E-state index contributed by atoms with van der Waals surface area (Å²) < 4.78 is 38.1. The molecule has 0 radical (unpaired) electrons. The van der Waals surface area contributed by atoms with Crippen LogP contribution in [-0.2, 0) is 27.0 Å². The van der Waals surface area contributed by atoms with Gasteiger partial charge in [0.2, 0.25) is 15.9 Å². The zero-order valence-corrected chi connectivity index (χ0v) is 19.5. The molecule has 1 aromatic carbocycles. The van der Waals surface area contributed by atoms with E-state index in [-0.39, 0.29) is 17.2 Å². The number of carbonyl (C=O) groups is 1. The monoisotopic (exact) mass is 466 g/mol. The molecule has 1 saturated heterocycles. The minimum Gasteiger partial charge on any atom is -0.496 e. The summed E-state index contributed by atoms with van der Waals surface area (Å²) >= 11 is 1.69. The number of hydrogen-bond donors (Lipinski definition) is 1. The van der Waals surface area contributed by atoms with Crippen molar-refractivity contribution in [2.45, 2.75) is 42.8 Å². The number of ether oxygens (including phenoxy) is 1. The van der Waals surface area contributed by atoms with Crippen molar-refractivity contribution in [2.75, 3.05) is 32.5 Å². The third kappa shape index (κ3) is 6.75. The normalized spacial score (nSPS) is 15.0. The third-order valence-electron chi connectivity index (χ3n) is 5.22. The van der Waals surface area contributed by atoms with Gasteiger partial charge in [0, 0.05) is 31.8 Å². The number of hydrogen-bond acceptors (Lipinski definition) is 6. The van der Waals surface area contributed by atoms with Crippen LogP contribution in [0.2, 0.25) is 0 Å². The molecule has 1 aromatic heterocycles. The maximum absolute atomic E-state index is 13.0. The van der Waals surface area contributed by atoms with Crippen molar-refractivity contribution in [1.82, 2.24) is 9.62 Å². The fraction of sp³-hybridized carbons (Fsp3) is 0.500. The van der Waals surface area contributed by atoms with Crippen LogP contribution in [0.3, 0.4) is 0 Å². The second kappa shape index (κ2) is 11.6. The highest BCUT2D eigenvalue weighted by Gasteiger charge is 2.26. The molecule has 31 heavy (non-hydrogen) atoms. The van der Waals surface area contributed by atoms with E-state index in [1.54, 1.807) is 47.6 Å². The highest BCUT2D eigenvalue weighted by Crippen LogP contribution is 2.27. The van der Waals surface area contributed by atoms with Crippen LogP contribution in [0.4, 0.5) is 0 Å². The van der Waals surface area contributed by atoms with Crippen molar-refractivity contribution >= 4 is 27.7 Å². The average molecular weight is 467 g/mol. The van der Waals surface area contributed by atoms with E-state index in [2.05, 4.69) is 5.32 Å². The lowest BCUT2D eigenvalue weighted by atomic mass is 10.1. The first-order valence-corrected chi connectivity index (χ1v) is 13.1. The minimum absolute atomic E-state index is 0.0649. The van der Waals surface area contributed by atoms with Gasteiger partial charge in [-0.2, -0.15) is 16.1 Å². The average Bonchev–Trinajstić information content (AvgIpc) is 3.31. The lowest BCUT2D eigenvalue weighted by Crippen LogP contribution is -2.35. The Labute approximate surface area is 188 Å². The zero-order valence-electron chi connectivity index (χ0n) is 17.8. The minimum atomic E-state index is -3.52. The van der Waals surface area contributed by atoms with E-state index in [1.165, 1.54) is 0 Å². The molecule has 0 aliphatic carbocycles. The number of furan rings is 1. The Balaban J connectivity index is 1.51. The van der Waals surface area contributed by atoms with Crippen LogP contribution in [-0.4, -0.2) is 51.1 Å². The molecule has 0 spiro atoms. The van der Waals surface area contributed by atoms with Gasteiger partial charge in [-0.15, -0.1) is 0 Å². The Kier molecular flexibility index (Phi) is 8.86. The Morgan fingerprint density at radius 2 is 2.03 bits per heavy atom. The van der Waals surface area contributed by atoms with E-state index >= 15 is 0 Å². The molecule has 1 aliphatic rings. The fourth-order valence-electron chi connectivity index (χ4n) is 3.53. The van der Waals surface area contributed by atoms with Crippen molar-refractivity contribution < 1.29 is 22.4 Å². The number of benzene rings is 1. The van der Waals surface area contributed by atoms with Crippen LogP contribution >= 0.6 is 11.8 Å². The highest BCUT2D eigenvalue weighted by atomic mass is 32.2. The van der Waals surface area contributed by atoms with Crippen LogP contribution < -0.4 is 10.1 Å². The molecule has 3 rings (SSSR count). The summed E-state index contributed by atoms with van der Waals surface area (Å²) in [5.74, 6) is 3.02. The number of methoxy groups -OCH3 is 1. The topological polar surface area (TPSA) is 88.9 Å². The molecule has 1 fully saturated rings. The molecule has 7 nitrogen and oxygen atoms in total. The van der Waals surface area contributed by atoms with E-state index in [9.17, 15) is 13.2 Å². The van der Waals surface area contributed by atoms with E-state index in [0.717, 1.165) is 42.1 Å². The van der Waals surface area contributed by atoms with Crippen molar-refractivity contribution in [3.05, 3.63) is 47.9 Å². The summed E-state index contributed by atoms with van der Waals surface area (Å²) in [5, 5.41) is 2.91. The molecule has 2 heterocycles. The quantitative estimate of drug-likeness (QED) is 0.510. The Morgan fingerprint density at radius 1 is 1.23 bits per heavy atom. The number of aryl methyl sites for hydroxylation is 1. The summed E-state index contributed by atoms with van der Waals surface area (Å²) in [6, 6.07) is 8.70.